The molecular weight excluding hydrogens is 326 g/mol. The lowest BCUT2D eigenvalue weighted by Gasteiger charge is -2.22. The number of rotatable bonds is 5. The van der Waals surface area contributed by atoms with Crippen molar-refractivity contribution in [2.75, 3.05) is 25.2 Å². The van der Waals surface area contributed by atoms with Crippen molar-refractivity contribution in [3.8, 4) is 0 Å². The summed E-state index contributed by atoms with van der Waals surface area (Å²) in [7, 11) is -1.52. The van der Waals surface area contributed by atoms with Gasteiger partial charge in [0, 0.05) is 19.2 Å². The number of ether oxygens (including phenoxy) is 1. The van der Waals surface area contributed by atoms with Crippen molar-refractivity contribution in [2.45, 2.75) is 12.5 Å². The molecule has 1 aliphatic heterocycles. The predicted octanol–water partition coefficient (Wildman–Crippen LogP) is 0.950. The molecule has 2 rings (SSSR count). The Hall–Kier alpha value is -1.67. The minimum absolute atomic E-state index is 0.0265. The summed E-state index contributed by atoms with van der Waals surface area (Å²) >= 11 is 1.51. The molecule has 0 aromatic carbocycles. The summed E-state index contributed by atoms with van der Waals surface area (Å²) in [6, 6.07) is 1.52. The molecule has 2 heterocycles. The molecule has 1 aromatic rings. The summed E-state index contributed by atoms with van der Waals surface area (Å²) in [6.07, 6.45) is 3.29. The fraction of sp³-hybridized carbons (Fsp3) is 0.429. The van der Waals surface area contributed by atoms with E-state index in [1.54, 1.807) is 6.08 Å². The van der Waals surface area contributed by atoms with Gasteiger partial charge in [-0.2, -0.15) is 11.3 Å². The standard InChI is InChI=1S/C14H17NO5S2/c1-15(12-5-7-22(18,19)10-12)13(16)8-20-14(17)3-2-11-4-6-21-9-11/h2-4,6,9,12H,5,7-8,10H2,1H3/b3-2+/t12-/m0/s1. The van der Waals surface area contributed by atoms with E-state index in [1.807, 2.05) is 16.8 Å². The van der Waals surface area contributed by atoms with E-state index in [0.29, 0.717) is 6.42 Å². The normalized spacial score (nSPS) is 20.1. The monoisotopic (exact) mass is 343 g/mol. The van der Waals surface area contributed by atoms with Gasteiger partial charge in [0.2, 0.25) is 0 Å². The number of amides is 1. The van der Waals surface area contributed by atoms with Crippen LogP contribution >= 0.6 is 11.3 Å². The maximum Gasteiger partial charge on any atom is 0.331 e. The molecule has 0 N–H and O–H groups in total. The van der Waals surface area contributed by atoms with E-state index in [0.717, 1.165) is 5.56 Å². The highest BCUT2D eigenvalue weighted by Gasteiger charge is 2.32. The first-order chi connectivity index (χ1) is 10.4. The lowest BCUT2D eigenvalue weighted by molar-refractivity contribution is -0.148. The van der Waals surface area contributed by atoms with E-state index < -0.39 is 21.7 Å². The quantitative estimate of drug-likeness (QED) is 0.587. The maximum atomic E-state index is 11.9. The Kier molecular flexibility index (Phi) is 5.36. The van der Waals surface area contributed by atoms with Gasteiger partial charge in [-0.1, -0.05) is 0 Å². The highest BCUT2D eigenvalue weighted by Crippen LogP contribution is 2.16. The number of sulfone groups is 1. The molecule has 8 heteroatoms. The lowest BCUT2D eigenvalue weighted by Crippen LogP contribution is -2.40. The summed E-state index contributed by atoms with van der Waals surface area (Å²) in [5, 5.41) is 3.77. The van der Waals surface area contributed by atoms with Crippen LogP contribution in [0.3, 0.4) is 0 Å². The van der Waals surface area contributed by atoms with Crippen LogP contribution in [0.1, 0.15) is 12.0 Å². The van der Waals surface area contributed by atoms with Crippen LogP contribution in [0, 0.1) is 0 Å². The van der Waals surface area contributed by atoms with Gasteiger partial charge in [-0.05, 0) is 34.9 Å². The zero-order valence-electron chi connectivity index (χ0n) is 12.1. The molecule has 1 amide bonds. The molecule has 1 aliphatic rings. The molecule has 0 bridgehead atoms. The second-order valence-electron chi connectivity index (χ2n) is 5.06. The van der Waals surface area contributed by atoms with Gasteiger partial charge in [-0.25, -0.2) is 13.2 Å². The van der Waals surface area contributed by atoms with Gasteiger partial charge in [0.1, 0.15) is 0 Å². The van der Waals surface area contributed by atoms with Crippen molar-refractivity contribution in [3.63, 3.8) is 0 Å². The number of thiophene rings is 1. The fourth-order valence-corrected chi connectivity index (χ4v) is 4.50. The Morgan fingerprint density at radius 2 is 2.27 bits per heavy atom. The van der Waals surface area contributed by atoms with E-state index in [4.69, 9.17) is 4.74 Å². The van der Waals surface area contributed by atoms with Crippen LogP contribution in [0.5, 0.6) is 0 Å². The van der Waals surface area contributed by atoms with Gasteiger partial charge in [0.15, 0.2) is 16.4 Å². The van der Waals surface area contributed by atoms with Crippen molar-refractivity contribution in [3.05, 3.63) is 28.5 Å². The van der Waals surface area contributed by atoms with Gasteiger partial charge in [-0.15, -0.1) is 0 Å². The van der Waals surface area contributed by atoms with Crippen LogP contribution in [0.15, 0.2) is 22.9 Å². The van der Waals surface area contributed by atoms with Gasteiger partial charge in [0.05, 0.1) is 11.5 Å². The Morgan fingerprint density at radius 1 is 1.50 bits per heavy atom. The highest BCUT2D eigenvalue weighted by atomic mass is 32.2. The zero-order valence-corrected chi connectivity index (χ0v) is 13.7. The van der Waals surface area contributed by atoms with E-state index in [1.165, 1.54) is 29.4 Å². The number of carbonyl (C=O) groups excluding carboxylic acids is 2. The molecule has 0 spiro atoms. The third kappa shape index (κ3) is 4.67. The molecular formula is C14H17NO5S2. The average molecular weight is 343 g/mol. The second-order valence-corrected chi connectivity index (χ2v) is 8.07. The highest BCUT2D eigenvalue weighted by molar-refractivity contribution is 7.91. The Morgan fingerprint density at radius 3 is 2.86 bits per heavy atom. The summed E-state index contributed by atoms with van der Waals surface area (Å²) < 4.78 is 27.7. The van der Waals surface area contributed by atoms with Crippen LogP contribution in [0.4, 0.5) is 0 Å². The fourth-order valence-electron chi connectivity index (χ4n) is 2.10. The largest absolute Gasteiger partial charge is 0.452 e. The first kappa shape index (κ1) is 16.7. The minimum Gasteiger partial charge on any atom is -0.452 e. The molecule has 1 saturated heterocycles. The predicted molar refractivity (Wildman–Crippen MR) is 84.1 cm³/mol. The van der Waals surface area contributed by atoms with Crippen LogP contribution < -0.4 is 0 Å². The van der Waals surface area contributed by atoms with Crippen LogP contribution in [-0.2, 0) is 24.2 Å². The number of likely N-dealkylation sites (N-methyl/N-ethyl adjacent to an activating group) is 1. The molecule has 6 nitrogen and oxygen atoms in total. The first-order valence-electron chi connectivity index (χ1n) is 6.70. The van der Waals surface area contributed by atoms with Gasteiger partial charge in [0.25, 0.3) is 5.91 Å². The Labute approximate surface area is 133 Å². The SMILES string of the molecule is CN(C(=O)COC(=O)/C=C/c1ccsc1)[C@H]1CCS(=O)(=O)C1. The number of esters is 1. The molecule has 22 heavy (non-hydrogen) atoms. The third-order valence-electron chi connectivity index (χ3n) is 3.44. The average Bonchev–Trinajstić information content (AvgIpc) is 3.10. The second kappa shape index (κ2) is 7.06. The van der Waals surface area contributed by atoms with Crippen molar-refractivity contribution >= 4 is 39.1 Å². The summed E-state index contributed by atoms with van der Waals surface area (Å²) in [4.78, 5) is 24.8. The molecule has 1 atom stereocenters. The minimum atomic E-state index is -3.05. The first-order valence-corrected chi connectivity index (χ1v) is 9.47. The number of hydrogen-bond donors (Lipinski definition) is 0. The molecule has 0 saturated carbocycles. The Bertz CT molecular complexity index is 663. The lowest BCUT2D eigenvalue weighted by atomic mass is 10.2. The molecule has 0 radical (unpaired) electrons. The molecule has 1 fully saturated rings. The van der Waals surface area contributed by atoms with Crippen LogP contribution in [-0.4, -0.2) is 56.4 Å². The smallest absolute Gasteiger partial charge is 0.331 e. The van der Waals surface area contributed by atoms with Gasteiger partial charge < -0.3 is 9.64 Å². The topological polar surface area (TPSA) is 80.8 Å². The van der Waals surface area contributed by atoms with E-state index in [2.05, 4.69) is 0 Å². The van der Waals surface area contributed by atoms with Crippen molar-refractivity contribution in [1.82, 2.24) is 4.90 Å². The zero-order chi connectivity index (χ0) is 16.2. The van der Waals surface area contributed by atoms with Gasteiger partial charge in [-0.3, -0.25) is 4.79 Å². The van der Waals surface area contributed by atoms with E-state index in [9.17, 15) is 18.0 Å². The van der Waals surface area contributed by atoms with Crippen molar-refractivity contribution < 1.29 is 22.7 Å². The molecule has 0 unspecified atom stereocenters. The molecule has 0 aliphatic carbocycles. The third-order valence-corrected chi connectivity index (χ3v) is 5.89. The van der Waals surface area contributed by atoms with Crippen LogP contribution in [0.2, 0.25) is 0 Å². The van der Waals surface area contributed by atoms with Crippen molar-refractivity contribution in [1.29, 1.82) is 0 Å². The van der Waals surface area contributed by atoms with E-state index in [-0.39, 0.29) is 24.2 Å². The van der Waals surface area contributed by atoms with Crippen molar-refractivity contribution in [2.24, 2.45) is 0 Å². The van der Waals surface area contributed by atoms with Gasteiger partial charge >= 0.3 is 5.97 Å². The summed E-state index contributed by atoms with van der Waals surface area (Å²) in [5.74, 6) is -0.939. The molecule has 1 aromatic heterocycles. The molecule has 120 valence electrons. The summed E-state index contributed by atoms with van der Waals surface area (Å²) in [5.41, 5.74) is 0.890. The number of hydrogen-bond acceptors (Lipinski definition) is 6. The van der Waals surface area contributed by atoms with Crippen LogP contribution in [0.25, 0.3) is 6.08 Å². The number of nitrogens with zero attached hydrogens (tertiary/aromatic N) is 1. The van der Waals surface area contributed by atoms with E-state index >= 15 is 0 Å². The Balaban J connectivity index is 1.78. The number of carbonyl (C=O) groups is 2. The summed E-state index contributed by atoms with van der Waals surface area (Å²) in [6.45, 7) is -0.389. The maximum absolute atomic E-state index is 11.9.